The van der Waals surface area contributed by atoms with Crippen molar-refractivity contribution in [1.82, 2.24) is 9.97 Å². The minimum Gasteiger partial charge on any atom is -0.481 e. The Balaban J connectivity index is 2.22. The van der Waals surface area contributed by atoms with Crippen LogP contribution in [0.25, 0.3) is 0 Å². The van der Waals surface area contributed by atoms with E-state index < -0.39 is 11.4 Å². The van der Waals surface area contributed by atoms with Crippen LogP contribution in [-0.4, -0.2) is 48.2 Å². The Hall–Kier alpha value is -1.85. The van der Waals surface area contributed by atoms with E-state index in [1.807, 2.05) is 30.0 Å². The number of hydrogen-bond acceptors (Lipinski definition) is 5. The lowest BCUT2D eigenvalue weighted by Crippen LogP contribution is -2.46. The zero-order chi connectivity index (χ0) is 14.0. The Labute approximate surface area is 113 Å². The van der Waals surface area contributed by atoms with E-state index in [1.54, 1.807) is 6.92 Å². The summed E-state index contributed by atoms with van der Waals surface area (Å²) in [6.45, 7) is 3.13. The molecule has 0 saturated carbocycles. The normalized spacial score (nSPS) is 23.2. The van der Waals surface area contributed by atoms with Crippen LogP contribution in [0.5, 0.6) is 0 Å². The second-order valence-electron chi connectivity index (χ2n) is 5.52. The SMILES string of the molecule is CN(C)c1cc(N2CCCC(C)(C(=O)O)C2)ncn1. The van der Waals surface area contributed by atoms with E-state index in [9.17, 15) is 9.90 Å². The molecule has 104 valence electrons. The van der Waals surface area contributed by atoms with Gasteiger partial charge in [-0.05, 0) is 19.8 Å². The van der Waals surface area contributed by atoms with Crippen LogP contribution in [0.1, 0.15) is 19.8 Å². The number of aromatic nitrogens is 2. The van der Waals surface area contributed by atoms with Crippen LogP contribution in [0, 0.1) is 5.41 Å². The molecule has 0 aromatic carbocycles. The second-order valence-corrected chi connectivity index (χ2v) is 5.52. The van der Waals surface area contributed by atoms with E-state index >= 15 is 0 Å². The van der Waals surface area contributed by atoms with Crippen molar-refractivity contribution in [2.75, 3.05) is 37.0 Å². The maximum absolute atomic E-state index is 11.4. The molecule has 2 rings (SSSR count). The number of carboxylic acid groups (broad SMARTS) is 1. The fraction of sp³-hybridized carbons (Fsp3) is 0.615. The molecule has 1 aliphatic rings. The summed E-state index contributed by atoms with van der Waals surface area (Å²) >= 11 is 0. The Kier molecular flexibility index (Phi) is 3.59. The van der Waals surface area contributed by atoms with Gasteiger partial charge in [0.1, 0.15) is 18.0 Å². The Morgan fingerprint density at radius 1 is 1.47 bits per heavy atom. The number of nitrogens with zero attached hydrogens (tertiary/aromatic N) is 4. The molecule has 6 nitrogen and oxygen atoms in total. The maximum Gasteiger partial charge on any atom is 0.311 e. The third kappa shape index (κ3) is 2.77. The van der Waals surface area contributed by atoms with Crippen LogP contribution in [0.15, 0.2) is 12.4 Å². The van der Waals surface area contributed by atoms with Crippen molar-refractivity contribution in [3.05, 3.63) is 12.4 Å². The summed E-state index contributed by atoms with van der Waals surface area (Å²) in [5, 5.41) is 9.34. The number of rotatable bonds is 3. The van der Waals surface area contributed by atoms with E-state index in [-0.39, 0.29) is 0 Å². The highest BCUT2D eigenvalue weighted by atomic mass is 16.4. The largest absolute Gasteiger partial charge is 0.481 e. The third-order valence-corrected chi connectivity index (χ3v) is 3.63. The number of anilines is 2. The van der Waals surface area contributed by atoms with Crippen molar-refractivity contribution in [2.45, 2.75) is 19.8 Å². The summed E-state index contributed by atoms with van der Waals surface area (Å²) in [4.78, 5) is 23.7. The Morgan fingerprint density at radius 2 is 2.21 bits per heavy atom. The van der Waals surface area contributed by atoms with E-state index in [0.717, 1.165) is 24.6 Å². The number of hydrogen-bond donors (Lipinski definition) is 1. The molecule has 0 radical (unpaired) electrons. The van der Waals surface area contributed by atoms with Crippen molar-refractivity contribution in [2.24, 2.45) is 5.41 Å². The minimum atomic E-state index is -0.737. The van der Waals surface area contributed by atoms with Crippen molar-refractivity contribution >= 4 is 17.6 Å². The molecule has 6 heteroatoms. The van der Waals surface area contributed by atoms with Gasteiger partial charge in [0.15, 0.2) is 0 Å². The smallest absolute Gasteiger partial charge is 0.311 e. The molecule has 1 N–H and O–H groups in total. The summed E-state index contributed by atoms with van der Waals surface area (Å²) in [6.07, 6.45) is 3.10. The van der Waals surface area contributed by atoms with Crippen LogP contribution in [0.2, 0.25) is 0 Å². The molecule has 0 aliphatic carbocycles. The number of piperidine rings is 1. The van der Waals surface area contributed by atoms with E-state index in [4.69, 9.17) is 0 Å². The average molecular weight is 264 g/mol. The molecule has 0 amide bonds. The van der Waals surface area contributed by atoms with Gasteiger partial charge in [0.05, 0.1) is 5.41 Å². The molecular formula is C13H20N4O2. The van der Waals surface area contributed by atoms with Crippen LogP contribution in [0.4, 0.5) is 11.6 Å². The van der Waals surface area contributed by atoms with Gasteiger partial charge < -0.3 is 14.9 Å². The van der Waals surface area contributed by atoms with Gasteiger partial charge in [0.2, 0.25) is 0 Å². The molecule has 19 heavy (non-hydrogen) atoms. The quantitative estimate of drug-likeness (QED) is 0.885. The molecular weight excluding hydrogens is 244 g/mol. The van der Waals surface area contributed by atoms with Crippen molar-refractivity contribution in [3.63, 3.8) is 0 Å². The van der Waals surface area contributed by atoms with Crippen molar-refractivity contribution < 1.29 is 9.90 Å². The summed E-state index contributed by atoms with van der Waals surface area (Å²) in [5.74, 6) is 0.887. The van der Waals surface area contributed by atoms with Gasteiger partial charge >= 0.3 is 5.97 Å². The zero-order valence-corrected chi connectivity index (χ0v) is 11.6. The number of carboxylic acids is 1. The van der Waals surface area contributed by atoms with Gasteiger partial charge in [0, 0.05) is 33.3 Å². The highest BCUT2D eigenvalue weighted by Gasteiger charge is 2.38. The molecule has 1 unspecified atom stereocenters. The summed E-state index contributed by atoms with van der Waals surface area (Å²) in [5.41, 5.74) is -0.693. The fourth-order valence-electron chi connectivity index (χ4n) is 2.36. The van der Waals surface area contributed by atoms with Crippen molar-refractivity contribution in [1.29, 1.82) is 0 Å². The lowest BCUT2D eigenvalue weighted by molar-refractivity contribution is -0.148. The molecule has 1 aliphatic heterocycles. The first-order chi connectivity index (χ1) is 8.92. The van der Waals surface area contributed by atoms with Crippen LogP contribution in [-0.2, 0) is 4.79 Å². The highest BCUT2D eigenvalue weighted by Crippen LogP contribution is 2.32. The van der Waals surface area contributed by atoms with Gasteiger partial charge in [-0.1, -0.05) is 0 Å². The summed E-state index contributed by atoms with van der Waals surface area (Å²) < 4.78 is 0. The standard InChI is InChI=1S/C13H20N4O2/c1-13(12(18)19)5-4-6-17(8-13)11-7-10(16(2)3)14-9-15-11/h7,9H,4-6,8H2,1-3H3,(H,18,19). The average Bonchev–Trinajstić information content (AvgIpc) is 2.39. The molecule has 1 aromatic heterocycles. The van der Waals surface area contributed by atoms with E-state index in [0.29, 0.717) is 13.0 Å². The summed E-state index contributed by atoms with van der Waals surface area (Å²) in [6, 6.07) is 1.90. The Bertz CT molecular complexity index is 477. The van der Waals surface area contributed by atoms with Gasteiger partial charge in [-0.25, -0.2) is 9.97 Å². The lowest BCUT2D eigenvalue weighted by Gasteiger charge is -2.38. The topological polar surface area (TPSA) is 69.6 Å². The highest BCUT2D eigenvalue weighted by molar-refractivity contribution is 5.75. The predicted molar refractivity (Wildman–Crippen MR) is 73.5 cm³/mol. The number of carbonyl (C=O) groups is 1. The van der Waals surface area contributed by atoms with E-state index in [1.165, 1.54) is 6.33 Å². The predicted octanol–water partition coefficient (Wildman–Crippen LogP) is 1.23. The number of aliphatic carboxylic acids is 1. The molecule has 1 saturated heterocycles. The van der Waals surface area contributed by atoms with Gasteiger partial charge in [-0.15, -0.1) is 0 Å². The minimum absolute atomic E-state index is 0.492. The molecule has 1 fully saturated rings. The fourth-order valence-corrected chi connectivity index (χ4v) is 2.36. The van der Waals surface area contributed by atoms with Crippen LogP contribution >= 0.6 is 0 Å². The second kappa shape index (κ2) is 5.03. The Morgan fingerprint density at radius 3 is 2.84 bits per heavy atom. The lowest BCUT2D eigenvalue weighted by atomic mass is 9.82. The van der Waals surface area contributed by atoms with E-state index in [2.05, 4.69) is 9.97 Å². The van der Waals surface area contributed by atoms with Gasteiger partial charge in [-0.2, -0.15) is 0 Å². The molecule has 2 heterocycles. The van der Waals surface area contributed by atoms with Gasteiger partial charge in [0.25, 0.3) is 0 Å². The monoisotopic (exact) mass is 264 g/mol. The summed E-state index contributed by atoms with van der Waals surface area (Å²) in [7, 11) is 3.84. The molecule has 1 aromatic rings. The zero-order valence-electron chi connectivity index (χ0n) is 11.6. The van der Waals surface area contributed by atoms with Crippen molar-refractivity contribution in [3.8, 4) is 0 Å². The maximum atomic E-state index is 11.4. The molecule has 0 bridgehead atoms. The molecule has 1 atom stereocenters. The van der Waals surface area contributed by atoms with Gasteiger partial charge in [-0.3, -0.25) is 4.79 Å². The molecule has 0 spiro atoms. The first-order valence-electron chi connectivity index (χ1n) is 6.40. The van der Waals surface area contributed by atoms with Crippen LogP contribution < -0.4 is 9.80 Å². The first-order valence-corrected chi connectivity index (χ1v) is 6.40. The van der Waals surface area contributed by atoms with Crippen LogP contribution in [0.3, 0.4) is 0 Å². The third-order valence-electron chi connectivity index (χ3n) is 3.63. The first kappa shape index (κ1) is 13.6.